The lowest BCUT2D eigenvalue weighted by molar-refractivity contribution is -0.120. The molecule has 1 atom stereocenters. The Morgan fingerprint density at radius 2 is 1.96 bits per heavy atom. The molecule has 0 aromatic heterocycles. The molecule has 1 unspecified atom stereocenters. The van der Waals surface area contributed by atoms with Crippen molar-refractivity contribution in [1.82, 2.24) is 10.2 Å². The summed E-state index contributed by atoms with van der Waals surface area (Å²) in [5.74, 6) is 0.0976. The zero-order valence-electron chi connectivity index (χ0n) is 15.4. The Bertz CT molecular complexity index is 773. The second-order valence-corrected chi connectivity index (χ2v) is 7.09. The third-order valence-electron chi connectivity index (χ3n) is 4.97. The van der Waals surface area contributed by atoms with Crippen LogP contribution in [-0.2, 0) is 11.2 Å². The standard InChI is InChI=1S/C21H24ClFN2O2/c1-27-20-10-3-2-7-15(20)19(25-11-4-5-12-25)14-24-21(26)13-16-17(22)8-6-9-18(16)23/h2-3,6-10,19H,4-5,11-14H2,1H3,(H,24,26). The number of para-hydroxylation sites is 1. The summed E-state index contributed by atoms with van der Waals surface area (Å²) in [6.45, 7) is 2.40. The Morgan fingerprint density at radius 3 is 2.67 bits per heavy atom. The maximum absolute atomic E-state index is 13.9. The zero-order valence-corrected chi connectivity index (χ0v) is 16.1. The minimum Gasteiger partial charge on any atom is -0.496 e. The van der Waals surface area contributed by atoms with Crippen molar-refractivity contribution in [1.29, 1.82) is 0 Å². The molecule has 0 bridgehead atoms. The van der Waals surface area contributed by atoms with Gasteiger partial charge >= 0.3 is 0 Å². The third kappa shape index (κ3) is 4.79. The largest absolute Gasteiger partial charge is 0.496 e. The lowest BCUT2D eigenvalue weighted by Crippen LogP contribution is -2.37. The van der Waals surface area contributed by atoms with Crippen LogP contribution < -0.4 is 10.1 Å². The summed E-state index contributed by atoms with van der Waals surface area (Å²) < 4.78 is 19.4. The molecule has 0 aliphatic carbocycles. The van der Waals surface area contributed by atoms with Gasteiger partial charge in [0.15, 0.2) is 0 Å². The van der Waals surface area contributed by atoms with Crippen molar-refractivity contribution >= 4 is 17.5 Å². The Morgan fingerprint density at radius 1 is 1.22 bits per heavy atom. The number of amides is 1. The maximum Gasteiger partial charge on any atom is 0.224 e. The predicted molar refractivity (Wildman–Crippen MR) is 105 cm³/mol. The average molecular weight is 391 g/mol. The Balaban J connectivity index is 1.72. The van der Waals surface area contributed by atoms with E-state index in [1.54, 1.807) is 13.2 Å². The number of methoxy groups -OCH3 is 1. The van der Waals surface area contributed by atoms with Crippen molar-refractivity contribution in [2.45, 2.75) is 25.3 Å². The highest BCUT2D eigenvalue weighted by Gasteiger charge is 2.26. The molecule has 0 radical (unpaired) electrons. The molecule has 1 aliphatic heterocycles. The fourth-order valence-corrected chi connectivity index (χ4v) is 3.80. The van der Waals surface area contributed by atoms with Gasteiger partial charge in [0.2, 0.25) is 5.91 Å². The first-order valence-electron chi connectivity index (χ1n) is 9.16. The van der Waals surface area contributed by atoms with E-state index in [0.717, 1.165) is 37.2 Å². The van der Waals surface area contributed by atoms with Gasteiger partial charge in [0.1, 0.15) is 11.6 Å². The number of carbonyl (C=O) groups excluding carboxylic acids is 1. The molecule has 1 amide bonds. The number of nitrogens with one attached hydrogen (secondary N) is 1. The molecule has 0 saturated carbocycles. The van der Waals surface area contributed by atoms with Crippen LogP contribution in [0.25, 0.3) is 0 Å². The van der Waals surface area contributed by atoms with Gasteiger partial charge in [0, 0.05) is 22.7 Å². The number of ether oxygens (including phenoxy) is 1. The molecule has 2 aromatic rings. The van der Waals surface area contributed by atoms with E-state index in [0.29, 0.717) is 6.54 Å². The van der Waals surface area contributed by atoms with Crippen molar-refractivity contribution < 1.29 is 13.9 Å². The molecular weight excluding hydrogens is 367 g/mol. The number of benzene rings is 2. The quantitative estimate of drug-likeness (QED) is 0.777. The fraction of sp³-hybridized carbons (Fsp3) is 0.381. The monoisotopic (exact) mass is 390 g/mol. The summed E-state index contributed by atoms with van der Waals surface area (Å²) in [6, 6.07) is 12.3. The topological polar surface area (TPSA) is 41.6 Å². The molecule has 1 saturated heterocycles. The summed E-state index contributed by atoms with van der Waals surface area (Å²) in [5, 5.41) is 3.22. The van der Waals surface area contributed by atoms with Gasteiger partial charge in [-0.05, 0) is 44.1 Å². The van der Waals surface area contributed by atoms with E-state index >= 15 is 0 Å². The van der Waals surface area contributed by atoms with Crippen molar-refractivity contribution in [3.8, 4) is 5.75 Å². The molecule has 1 aliphatic rings. The number of carbonyl (C=O) groups is 1. The fourth-order valence-electron chi connectivity index (χ4n) is 3.57. The molecule has 144 valence electrons. The normalized spacial score (nSPS) is 15.5. The molecule has 1 heterocycles. The van der Waals surface area contributed by atoms with E-state index in [2.05, 4.69) is 10.2 Å². The van der Waals surface area contributed by atoms with E-state index in [9.17, 15) is 9.18 Å². The van der Waals surface area contributed by atoms with Crippen LogP contribution in [0.15, 0.2) is 42.5 Å². The number of hydrogen-bond donors (Lipinski definition) is 1. The second kappa shape index (κ2) is 9.20. The molecule has 2 aromatic carbocycles. The minimum absolute atomic E-state index is 0.0173. The highest BCUT2D eigenvalue weighted by Crippen LogP contribution is 2.31. The number of hydrogen-bond acceptors (Lipinski definition) is 3. The highest BCUT2D eigenvalue weighted by atomic mass is 35.5. The molecule has 1 fully saturated rings. The summed E-state index contributed by atoms with van der Waals surface area (Å²) in [6.07, 6.45) is 2.21. The van der Waals surface area contributed by atoms with Crippen LogP contribution in [0.1, 0.15) is 30.0 Å². The number of nitrogens with zero attached hydrogens (tertiary/aromatic N) is 1. The first kappa shape index (κ1) is 19.6. The van der Waals surface area contributed by atoms with Gasteiger partial charge in [-0.15, -0.1) is 0 Å². The molecule has 1 N–H and O–H groups in total. The minimum atomic E-state index is -0.460. The number of rotatable bonds is 7. The first-order chi connectivity index (χ1) is 13.1. The van der Waals surface area contributed by atoms with Crippen LogP contribution in [-0.4, -0.2) is 37.6 Å². The van der Waals surface area contributed by atoms with Gasteiger partial charge in [-0.2, -0.15) is 0 Å². The molecular formula is C21H24ClFN2O2. The van der Waals surface area contributed by atoms with Crippen molar-refractivity contribution in [3.63, 3.8) is 0 Å². The lowest BCUT2D eigenvalue weighted by atomic mass is 10.0. The van der Waals surface area contributed by atoms with Gasteiger partial charge in [-0.1, -0.05) is 35.9 Å². The summed E-state index contributed by atoms with van der Waals surface area (Å²) >= 11 is 6.03. The predicted octanol–water partition coefficient (Wildman–Crippen LogP) is 3.98. The molecule has 27 heavy (non-hydrogen) atoms. The average Bonchev–Trinajstić information content (AvgIpc) is 3.20. The van der Waals surface area contributed by atoms with E-state index in [1.165, 1.54) is 12.1 Å². The van der Waals surface area contributed by atoms with Crippen LogP contribution in [0.4, 0.5) is 4.39 Å². The summed E-state index contributed by atoms with van der Waals surface area (Å²) in [5.41, 5.74) is 1.28. The molecule has 3 rings (SSSR count). The van der Waals surface area contributed by atoms with Gasteiger partial charge in [0.25, 0.3) is 0 Å². The van der Waals surface area contributed by atoms with E-state index < -0.39 is 5.82 Å². The van der Waals surface area contributed by atoms with Gasteiger partial charge in [-0.3, -0.25) is 9.69 Å². The van der Waals surface area contributed by atoms with Crippen LogP contribution >= 0.6 is 11.6 Å². The number of halogens is 2. The number of likely N-dealkylation sites (tertiary alicyclic amines) is 1. The van der Waals surface area contributed by atoms with E-state index in [1.807, 2.05) is 24.3 Å². The van der Waals surface area contributed by atoms with Crippen molar-refractivity contribution in [2.75, 3.05) is 26.7 Å². The zero-order chi connectivity index (χ0) is 19.2. The first-order valence-corrected chi connectivity index (χ1v) is 9.54. The second-order valence-electron chi connectivity index (χ2n) is 6.68. The molecule has 4 nitrogen and oxygen atoms in total. The summed E-state index contributed by atoms with van der Waals surface area (Å²) in [4.78, 5) is 14.8. The smallest absolute Gasteiger partial charge is 0.224 e. The SMILES string of the molecule is COc1ccccc1C(CNC(=O)Cc1c(F)cccc1Cl)N1CCCC1. The van der Waals surface area contributed by atoms with Gasteiger partial charge < -0.3 is 10.1 Å². The van der Waals surface area contributed by atoms with Crippen molar-refractivity contribution in [2.24, 2.45) is 0 Å². The molecule has 0 spiro atoms. The van der Waals surface area contributed by atoms with Crippen LogP contribution in [0.3, 0.4) is 0 Å². The van der Waals surface area contributed by atoms with Gasteiger partial charge in [-0.25, -0.2) is 4.39 Å². The van der Waals surface area contributed by atoms with E-state index in [4.69, 9.17) is 16.3 Å². The van der Waals surface area contributed by atoms with Crippen LogP contribution in [0, 0.1) is 5.82 Å². The Labute approximate surface area is 164 Å². The van der Waals surface area contributed by atoms with Gasteiger partial charge in [0.05, 0.1) is 19.6 Å². The highest BCUT2D eigenvalue weighted by molar-refractivity contribution is 6.31. The molecule has 6 heteroatoms. The Hall–Kier alpha value is -2.11. The lowest BCUT2D eigenvalue weighted by Gasteiger charge is -2.29. The van der Waals surface area contributed by atoms with Crippen molar-refractivity contribution in [3.05, 3.63) is 64.4 Å². The third-order valence-corrected chi connectivity index (χ3v) is 5.33. The van der Waals surface area contributed by atoms with E-state index in [-0.39, 0.29) is 29.0 Å². The maximum atomic E-state index is 13.9. The summed E-state index contributed by atoms with van der Waals surface area (Å²) in [7, 11) is 1.65. The van der Waals surface area contributed by atoms with Crippen LogP contribution in [0.2, 0.25) is 5.02 Å². The Kier molecular flexibility index (Phi) is 6.69. The van der Waals surface area contributed by atoms with Crippen LogP contribution in [0.5, 0.6) is 5.75 Å².